The SMILES string of the molecule is COc1cc(C)nc(Cn2c(=O)oc3cc(N)ccc32)c1. The highest BCUT2D eigenvalue weighted by Crippen LogP contribution is 2.19. The molecule has 3 aromatic rings. The van der Waals surface area contributed by atoms with Crippen LogP contribution in [0.15, 0.2) is 39.5 Å². The van der Waals surface area contributed by atoms with E-state index < -0.39 is 5.76 Å². The van der Waals surface area contributed by atoms with Crippen molar-refractivity contribution in [2.45, 2.75) is 13.5 Å². The van der Waals surface area contributed by atoms with E-state index in [-0.39, 0.29) is 0 Å². The first-order valence-electron chi connectivity index (χ1n) is 6.47. The largest absolute Gasteiger partial charge is 0.497 e. The van der Waals surface area contributed by atoms with Crippen LogP contribution in [0.5, 0.6) is 5.75 Å². The summed E-state index contributed by atoms with van der Waals surface area (Å²) in [6.45, 7) is 2.19. The van der Waals surface area contributed by atoms with Crippen LogP contribution in [0.3, 0.4) is 0 Å². The van der Waals surface area contributed by atoms with Crippen LogP contribution in [0.1, 0.15) is 11.4 Å². The second-order valence-electron chi connectivity index (χ2n) is 4.82. The van der Waals surface area contributed by atoms with Crippen molar-refractivity contribution in [2.75, 3.05) is 12.8 Å². The topological polar surface area (TPSA) is 83.3 Å². The number of fused-ring (bicyclic) bond motifs is 1. The van der Waals surface area contributed by atoms with Gasteiger partial charge in [-0.25, -0.2) is 4.79 Å². The fourth-order valence-corrected chi connectivity index (χ4v) is 2.30. The molecule has 0 bridgehead atoms. The summed E-state index contributed by atoms with van der Waals surface area (Å²) >= 11 is 0. The first kappa shape index (κ1) is 13.2. The lowest BCUT2D eigenvalue weighted by Gasteiger charge is -2.06. The van der Waals surface area contributed by atoms with Gasteiger partial charge in [0.1, 0.15) is 5.75 Å². The Labute approximate surface area is 120 Å². The van der Waals surface area contributed by atoms with Crippen molar-refractivity contribution in [3.63, 3.8) is 0 Å². The van der Waals surface area contributed by atoms with Gasteiger partial charge in [-0.2, -0.15) is 0 Å². The maximum Gasteiger partial charge on any atom is 0.420 e. The number of methoxy groups -OCH3 is 1. The second-order valence-corrected chi connectivity index (χ2v) is 4.82. The lowest BCUT2D eigenvalue weighted by Crippen LogP contribution is -2.15. The minimum atomic E-state index is -0.433. The summed E-state index contributed by atoms with van der Waals surface area (Å²) in [5.74, 6) is 0.278. The Kier molecular flexibility index (Phi) is 3.13. The summed E-state index contributed by atoms with van der Waals surface area (Å²) in [7, 11) is 1.60. The number of nitrogens with two attached hydrogens (primary N) is 1. The normalized spacial score (nSPS) is 11.0. The smallest absolute Gasteiger partial charge is 0.420 e. The molecule has 2 aromatic heterocycles. The molecule has 0 unspecified atom stereocenters. The predicted octanol–water partition coefficient (Wildman–Crippen LogP) is 1.94. The minimum absolute atomic E-state index is 0.313. The zero-order chi connectivity index (χ0) is 15.0. The minimum Gasteiger partial charge on any atom is -0.497 e. The van der Waals surface area contributed by atoms with Gasteiger partial charge in [-0.05, 0) is 19.1 Å². The van der Waals surface area contributed by atoms with Gasteiger partial charge in [0.2, 0.25) is 0 Å². The van der Waals surface area contributed by atoms with Crippen LogP contribution < -0.4 is 16.2 Å². The van der Waals surface area contributed by atoms with Crippen LogP contribution in [0.4, 0.5) is 5.69 Å². The van der Waals surface area contributed by atoms with Gasteiger partial charge in [-0.3, -0.25) is 9.55 Å². The second kappa shape index (κ2) is 4.97. The number of aromatic nitrogens is 2. The van der Waals surface area contributed by atoms with Gasteiger partial charge in [-0.1, -0.05) is 0 Å². The number of aryl methyl sites for hydroxylation is 1. The molecule has 0 saturated heterocycles. The van der Waals surface area contributed by atoms with E-state index in [1.54, 1.807) is 31.4 Å². The highest BCUT2D eigenvalue weighted by atomic mass is 16.5. The van der Waals surface area contributed by atoms with Crippen molar-refractivity contribution in [2.24, 2.45) is 0 Å². The molecular weight excluding hydrogens is 270 g/mol. The summed E-state index contributed by atoms with van der Waals surface area (Å²) < 4.78 is 12.0. The van der Waals surface area contributed by atoms with E-state index in [1.807, 2.05) is 13.0 Å². The lowest BCUT2D eigenvalue weighted by atomic mass is 10.2. The van der Waals surface area contributed by atoms with E-state index >= 15 is 0 Å². The molecule has 0 saturated carbocycles. The van der Waals surface area contributed by atoms with Crippen molar-refractivity contribution in [3.05, 3.63) is 52.3 Å². The van der Waals surface area contributed by atoms with E-state index in [9.17, 15) is 4.79 Å². The molecule has 0 amide bonds. The van der Waals surface area contributed by atoms with Crippen molar-refractivity contribution in [3.8, 4) is 5.75 Å². The Morgan fingerprint density at radius 1 is 1.33 bits per heavy atom. The molecule has 0 radical (unpaired) electrons. The lowest BCUT2D eigenvalue weighted by molar-refractivity contribution is 0.412. The maximum atomic E-state index is 12.0. The molecule has 0 fully saturated rings. The van der Waals surface area contributed by atoms with Gasteiger partial charge in [-0.15, -0.1) is 0 Å². The Bertz CT molecular complexity index is 864. The van der Waals surface area contributed by atoms with Gasteiger partial charge in [0.05, 0.1) is 24.9 Å². The van der Waals surface area contributed by atoms with Crippen molar-refractivity contribution < 1.29 is 9.15 Å². The van der Waals surface area contributed by atoms with E-state index in [2.05, 4.69) is 4.98 Å². The fraction of sp³-hybridized carbons (Fsp3) is 0.200. The molecule has 2 heterocycles. The Hall–Kier alpha value is -2.76. The van der Waals surface area contributed by atoms with E-state index in [1.165, 1.54) is 4.57 Å². The number of ether oxygens (including phenoxy) is 1. The van der Waals surface area contributed by atoms with Crippen LogP contribution in [-0.2, 0) is 6.54 Å². The van der Waals surface area contributed by atoms with Gasteiger partial charge in [0.15, 0.2) is 5.58 Å². The first-order valence-corrected chi connectivity index (χ1v) is 6.47. The quantitative estimate of drug-likeness (QED) is 0.743. The summed E-state index contributed by atoms with van der Waals surface area (Å²) in [5.41, 5.74) is 8.97. The molecule has 2 N–H and O–H groups in total. The monoisotopic (exact) mass is 285 g/mol. The highest BCUT2D eigenvalue weighted by Gasteiger charge is 2.11. The molecule has 0 spiro atoms. The molecule has 0 aliphatic rings. The molecule has 0 aliphatic carbocycles. The predicted molar refractivity (Wildman–Crippen MR) is 79.5 cm³/mol. The number of rotatable bonds is 3. The first-order chi connectivity index (χ1) is 10.1. The van der Waals surface area contributed by atoms with Gasteiger partial charge in [0, 0.05) is 29.6 Å². The van der Waals surface area contributed by atoms with Crippen LogP contribution >= 0.6 is 0 Å². The number of nitrogen functional groups attached to an aromatic ring is 1. The number of pyridine rings is 1. The standard InChI is InChI=1S/C15H15N3O3/c1-9-5-12(20-2)7-11(17-9)8-18-13-4-3-10(16)6-14(13)21-15(18)19/h3-7H,8,16H2,1-2H3. The molecule has 108 valence electrons. The molecule has 1 aromatic carbocycles. The molecule has 0 atom stereocenters. The number of anilines is 1. The fourth-order valence-electron chi connectivity index (χ4n) is 2.30. The van der Waals surface area contributed by atoms with Crippen molar-refractivity contribution >= 4 is 16.8 Å². The van der Waals surface area contributed by atoms with Crippen LogP contribution in [0.2, 0.25) is 0 Å². The third-order valence-corrected chi connectivity index (χ3v) is 3.23. The Morgan fingerprint density at radius 3 is 2.90 bits per heavy atom. The number of oxazole rings is 1. The average molecular weight is 285 g/mol. The molecule has 21 heavy (non-hydrogen) atoms. The highest BCUT2D eigenvalue weighted by molar-refractivity contribution is 5.76. The van der Waals surface area contributed by atoms with E-state index in [4.69, 9.17) is 14.9 Å². The van der Waals surface area contributed by atoms with Crippen molar-refractivity contribution in [1.29, 1.82) is 0 Å². The summed E-state index contributed by atoms with van der Waals surface area (Å²) in [6, 6.07) is 8.77. The van der Waals surface area contributed by atoms with Crippen molar-refractivity contribution in [1.82, 2.24) is 9.55 Å². The van der Waals surface area contributed by atoms with Crippen LogP contribution in [0.25, 0.3) is 11.1 Å². The molecule has 6 heteroatoms. The maximum absolute atomic E-state index is 12.0. The molecule has 3 rings (SSSR count). The zero-order valence-corrected chi connectivity index (χ0v) is 11.8. The summed E-state index contributed by atoms with van der Waals surface area (Å²) in [5, 5.41) is 0. The zero-order valence-electron chi connectivity index (χ0n) is 11.8. The van der Waals surface area contributed by atoms with Crippen LogP contribution in [-0.4, -0.2) is 16.7 Å². The van der Waals surface area contributed by atoms with Gasteiger partial charge in [0.25, 0.3) is 0 Å². The van der Waals surface area contributed by atoms with E-state index in [0.29, 0.717) is 29.1 Å². The molecule has 6 nitrogen and oxygen atoms in total. The Morgan fingerprint density at radius 2 is 2.14 bits per heavy atom. The van der Waals surface area contributed by atoms with E-state index in [0.717, 1.165) is 11.4 Å². The van der Waals surface area contributed by atoms with Crippen LogP contribution in [0, 0.1) is 6.92 Å². The average Bonchev–Trinajstić information content (AvgIpc) is 2.73. The molecule has 0 aliphatic heterocycles. The number of benzene rings is 1. The molecular formula is C15H15N3O3. The summed E-state index contributed by atoms with van der Waals surface area (Å²) in [6.07, 6.45) is 0. The number of hydrogen-bond acceptors (Lipinski definition) is 5. The van der Waals surface area contributed by atoms with Gasteiger partial charge < -0.3 is 14.9 Å². The summed E-state index contributed by atoms with van der Waals surface area (Å²) in [4.78, 5) is 16.4. The number of nitrogens with zero attached hydrogens (tertiary/aromatic N) is 2. The third-order valence-electron chi connectivity index (χ3n) is 3.23. The third kappa shape index (κ3) is 2.47. The van der Waals surface area contributed by atoms with Gasteiger partial charge >= 0.3 is 5.76 Å². The Balaban J connectivity index is 2.08. The number of hydrogen-bond donors (Lipinski definition) is 1.